The minimum atomic E-state index is -1.12. The highest BCUT2D eigenvalue weighted by molar-refractivity contribution is 5.98. The average molecular weight is 516 g/mol. The summed E-state index contributed by atoms with van der Waals surface area (Å²) in [6.07, 6.45) is 4.65. The molecule has 11 nitrogen and oxygen atoms in total. The van der Waals surface area contributed by atoms with Gasteiger partial charge in [-0.25, -0.2) is 4.79 Å². The number of benzene rings is 1. The number of alkyl carbamates (subject to hydrolysis) is 1. The maximum absolute atomic E-state index is 13.2. The number of hydrogen-bond acceptors (Lipinski definition) is 7. The van der Waals surface area contributed by atoms with E-state index in [0.29, 0.717) is 17.5 Å². The molecule has 0 spiro atoms. The monoisotopic (exact) mass is 515 g/mol. The Labute approximate surface area is 217 Å². The zero-order valence-corrected chi connectivity index (χ0v) is 21.1. The van der Waals surface area contributed by atoms with E-state index in [9.17, 15) is 19.2 Å². The highest BCUT2D eigenvalue weighted by Crippen LogP contribution is 2.09. The smallest absolute Gasteiger partial charge is 0.408 e. The topological polar surface area (TPSA) is 184 Å². The van der Waals surface area contributed by atoms with Crippen LogP contribution in [0.2, 0.25) is 0 Å². The van der Waals surface area contributed by atoms with E-state index in [1.165, 1.54) is 12.2 Å². The Morgan fingerprint density at radius 3 is 2.46 bits per heavy atom. The highest BCUT2D eigenvalue weighted by atomic mass is 16.5. The summed E-state index contributed by atoms with van der Waals surface area (Å²) >= 11 is 0. The molecule has 2 atom stereocenters. The second-order valence-electron chi connectivity index (χ2n) is 8.19. The van der Waals surface area contributed by atoms with Crippen LogP contribution < -0.4 is 21.7 Å². The van der Waals surface area contributed by atoms with E-state index in [-0.39, 0.29) is 31.7 Å². The van der Waals surface area contributed by atoms with Gasteiger partial charge in [0.1, 0.15) is 18.5 Å². The molecule has 0 bridgehead atoms. The molecule has 7 N–H and O–H groups in total. The number of allylic oxidation sites excluding steroid dienone is 1. The van der Waals surface area contributed by atoms with E-state index in [0.717, 1.165) is 19.5 Å². The molecule has 0 fully saturated rings. The zero-order valence-electron chi connectivity index (χ0n) is 21.1. The van der Waals surface area contributed by atoms with Crippen molar-refractivity contribution in [2.75, 3.05) is 19.7 Å². The Bertz CT molecular complexity index is 961. The van der Waals surface area contributed by atoms with Crippen molar-refractivity contribution in [1.29, 1.82) is 5.41 Å². The molecule has 11 heteroatoms. The number of amides is 2. The van der Waals surface area contributed by atoms with Crippen LogP contribution in [0.15, 0.2) is 49.1 Å². The lowest BCUT2D eigenvalue weighted by molar-refractivity contribution is -0.137. The van der Waals surface area contributed by atoms with Crippen molar-refractivity contribution in [3.8, 4) is 0 Å². The number of carbonyl (C=O) groups is 4. The molecule has 0 aliphatic carbocycles. The lowest BCUT2D eigenvalue weighted by Crippen LogP contribution is -2.52. The van der Waals surface area contributed by atoms with Crippen LogP contribution in [0.25, 0.3) is 0 Å². The molecule has 1 aromatic carbocycles. The lowest BCUT2D eigenvalue weighted by atomic mass is 10.0. The predicted octanol–water partition coefficient (Wildman–Crippen LogP) is 1.66. The van der Waals surface area contributed by atoms with Crippen molar-refractivity contribution >= 4 is 29.6 Å². The molecule has 0 heterocycles. The number of nitrogens with one attached hydrogen (secondary N) is 4. The minimum absolute atomic E-state index is 0.0489. The SMILES string of the molecule is C=CCOC(=O)NC(Cc1ccc(C(=N)N)cc1)C(=O)NC(CCC(=O)O)C(=O)/C=C/CCCNCC. The van der Waals surface area contributed by atoms with E-state index < -0.39 is 35.8 Å². The largest absolute Gasteiger partial charge is 0.481 e. The third-order valence-corrected chi connectivity index (χ3v) is 5.21. The van der Waals surface area contributed by atoms with Gasteiger partial charge < -0.3 is 31.5 Å². The fraction of sp³-hybridized carbons (Fsp3) is 0.423. The van der Waals surface area contributed by atoms with Gasteiger partial charge in [0.2, 0.25) is 5.91 Å². The van der Waals surface area contributed by atoms with Gasteiger partial charge in [-0.2, -0.15) is 0 Å². The number of nitrogens with two attached hydrogens (primary N) is 1. The first-order chi connectivity index (χ1) is 17.7. The van der Waals surface area contributed by atoms with Gasteiger partial charge in [0.25, 0.3) is 0 Å². The Morgan fingerprint density at radius 2 is 1.86 bits per heavy atom. The lowest BCUT2D eigenvalue weighted by Gasteiger charge is -2.22. The van der Waals surface area contributed by atoms with Gasteiger partial charge in [-0.05, 0) is 44.0 Å². The number of aliphatic carboxylic acids is 1. The van der Waals surface area contributed by atoms with E-state index in [1.54, 1.807) is 30.3 Å². The molecule has 202 valence electrons. The number of nitrogen functional groups attached to an aromatic ring is 1. The third kappa shape index (κ3) is 13.0. The summed E-state index contributed by atoms with van der Waals surface area (Å²) in [5, 5.41) is 24.8. The van der Waals surface area contributed by atoms with Crippen LogP contribution in [0.3, 0.4) is 0 Å². The summed E-state index contributed by atoms with van der Waals surface area (Å²) < 4.78 is 4.93. The van der Waals surface area contributed by atoms with Gasteiger partial charge in [-0.3, -0.25) is 19.8 Å². The molecular weight excluding hydrogens is 478 g/mol. The van der Waals surface area contributed by atoms with Crippen molar-refractivity contribution in [2.24, 2.45) is 5.73 Å². The van der Waals surface area contributed by atoms with E-state index >= 15 is 0 Å². The van der Waals surface area contributed by atoms with Crippen molar-refractivity contribution in [3.05, 3.63) is 60.2 Å². The van der Waals surface area contributed by atoms with Crippen LogP contribution >= 0.6 is 0 Å². The summed E-state index contributed by atoms with van der Waals surface area (Å²) in [7, 11) is 0. The van der Waals surface area contributed by atoms with Crippen molar-refractivity contribution in [1.82, 2.24) is 16.0 Å². The minimum Gasteiger partial charge on any atom is -0.481 e. The molecule has 0 saturated heterocycles. The van der Waals surface area contributed by atoms with Gasteiger partial charge in [0.15, 0.2) is 5.78 Å². The van der Waals surface area contributed by atoms with Gasteiger partial charge in [0.05, 0.1) is 6.04 Å². The maximum Gasteiger partial charge on any atom is 0.408 e. The van der Waals surface area contributed by atoms with Crippen LogP contribution in [-0.4, -0.2) is 66.5 Å². The molecule has 0 aliphatic heterocycles. The number of carbonyl (C=O) groups excluding carboxylic acids is 3. The van der Waals surface area contributed by atoms with Crippen molar-refractivity contribution in [2.45, 2.75) is 51.1 Å². The molecule has 0 aromatic heterocycles. The number of carboxylic acid groups (broad SMARTS) is 1. The Kier molecular flexibility index (Phi) is 14.6. The molecule has 0 radical (unpaired) electrons. The summed E-state index contributed by atoms with van der Waals surface area (Å²) in [4.78, 5) is 49.2. The van der Waals surface area contributed by atoms with Crippen LogP contribution in [-0.2, 0) is 25.5 Å². The second kappa shape index (κ2) is 17.4. The fourth-order valence-corrected chi connectivity index (χ4v) is 3.25. The van der Waals surface area contributed by atoms with Gasteiger partial charge in [-0.1, -0.05) is 49.9 Å². The number of ether oxygens (including phenoxy) is 1. The fourth-order valence-electron chi connectivity index (χ4n) is 3.25. The number of ketones is 1. The standard InChI is InChI=1S/C26H37N5O6/c1-3-16-37-26(36)31-21(17-18-9-11-19(12-10-18)24(27)28)25(35)30-20(13-14-23(33)34)22(32)8-6-5-7-15-29-4-2/h3,6,8-12,20-21,29H,1,4-5,7,13-17H2,2H3,(H3,27,28)(H,30,35)(H,31,36)(H,33,34)/b8-6+. The first kappa shape index (κ1) is 31.0. The first-order valence-electron chi connectivity index (χ1n) is 12.1. The first-order valence-corrected chi connectivity index (χ1v) is 12.1. The number of hydrogen-bond donors (Lipinski definition) is 6. The van der Waals surface area contributed by atoms with E-state index in [2.05, 4.69) is 22.5 Å². The summed E-state index contributed by atoms with van der Waals surface area (Å²) in [6, 6.07) is 4.35. The molecule has 37 heavy (non-hydrogen) atoms. The normalized spacial score (nSPS) is 12.4. The molecule has 2 unspecified atom stereocenters. The zero-order chi connectivity index (χ0) is 27.6. The van der Waals surface area contributed by atoms with Crippen LogP contribution in [0, 0.1) is 5.41 Å². The van der Waals surface area contributed by atoms with Crippen molar-refractivity contribution < 1.29 is 29.0 Å². The van der Waals surface area contributed by atoms with Gasteiger partial charge >= 0.3 is 12.1 Å². The summed E-state index contributed by atoms with van der Waals surface area (Å²) in [6.45, 7) is 7.06. The van der Waals surface area contributed by atoms with E-state index in [4.69, 9.17) is 21.0 Å². The number of carboxylic acids is 1. The van der Waals surface area contributed by atoms with Crippen molar-refractivity contribution in [3.63, 3.8) is 0 Å². The number of rotatable bonds is 18. The molecular formula is C26H37N5O6. The number of amidine groups is 1. The van der Waals surface area contributed by atoms with Gasteiger partial charge in [0, 0.05) is 18.4 Å². The Morgan fingerprint density at radius 1 is 1.16 bits per heavy atom. The summed E-state index contributed by atoms with van der Waals surface area (Å²) in [5.41, 5.74) is 6.63. The van der Waals surface area contributed by atoms with Crippen LogP contribution in [0.4, 0.5) is 4.79 Å². The molecule has 0 saturated carbocycles. The number of unbranched alkanes of at least 4 members (excludes halogenated alkanes) is 1. The molecule has 0 aliphatic rings. The average Bonchev–Trinajstić information content (AvgIpc) is 2.86. The summed E-state index contributed by atoms with van der Waals surface area (Å²) in [5.74, 6) is -2.32. The quantitative estimate of drug-likeness (QED) is 0.0560. The van der Waals surface area contributed by atoms with Crippen LogP contribution in [0.1, 0.15) is 43.7 Å². The maximum atomic E-state index is 13.2. The molecule has 1 aromatic rings. The van der Waals surface area contributed by atoms with Gasteiger partial charge in [-0.15, -0.1) is 0 Å². The molecule has 1 rings (SSSR count). The predicted molar refractivity (Wildman–Crippen MR) is 140 cm³/mol. The van der Waals surface area contributed by atoms with E-state index in [1.807, 2.05) is 6.92 Å². The Balaban J connectivity index is 3.00. The Hall–Kier alpha value is -3.99. The highest BCUT2D eigenvalue weighted by Gasteiger charge is 2.27. The van der Waals surface area contributed by atoms with Crippen LogP contribution in [0.5, 0.6) is 0 Å². The third-order valence-electron chi connectivity index (χ3n) is 5.21. The molecule has 2 amide bonds. The second-order valence-corrected chi connectivity index (χ2v) is 8.19.